The number of hydrogen-bond donors (Lipinski definition) is 0. The van der Waals surface area contributed by atoms with Crippen molar-refractivity contribution in [2.24, 2.45) is 35.5 Å². The van der Waals surface area contributed by atoms with E-state index in [0.717, 1.165) is 0 Å². The van der Waals surface area contributed by atoms with E-state index >= 15 is 0 Å². The van der Waals surface area contributed by atoms with Gasteiger partial charge in [0.2, 0.25) is 0 Å². The minimum atomic E-state index is 0. The summed E-state index contributed by atoms with van der Waals surface area (Å²) in [7, 11) is 0. The zero-order valence-electron chi connectivity index (χ0n) is 21.6. The smallest absolute Gasteiger partial charge is 0.0649 e. The first kappa shape index (κ1) is 46.7. The van der Waals surface area contributed by atoms with Gasteiger partial charge in [0.05, 0.1) is 36.4 Å². The van der Waals surface area contributed by atoms with E-state index in [1.165, 1.54) is 0 Å². The van der Waals surface area contributed by atoms with Gasteiger partial charge in [-0.15, -0.1) is 0 Å². The second-order valence-corrected chi connectivity index (χ2v) is 7.70. The van der Waals surface area contributed by atoms with Crippen LogP contribution in [0.2, 0.25) is 0 Å². The molecule has 0 saturated heterocycles. The first-order valence-corrected chi connectivity index (χ1v) is 10.0. The van der Waals surface area contributed by atoms with Crippen molar-refractivity contribution in [3.63, 3.8) is 0 Å². The molecule has 0 bridgehead atoms. The van der Waals surface area contributed by atoms with Gasteiger partial charge in [0.25, 0.3) is 0 Å². The van der Waals surface area contributed by atoms with Gasteiger partial charge in [-0.05, 0) is 83.1 Å². The van der Waals surface area contributed by atoms with Gasteiger partial charge in [0.1, 0.15) is 0 Å². The van der Waals surface area contributed by atoms with Crippen LogP contribution in [0.4, 0.5) is 0 Å². The minimum Gasteiger partial charge on any atom is -0.198 e. The summed E-state index contributed by atoms with van der Waals surface area (Å²) in [6.45, 7) is 22.3. The average Bonchev–Trinajstić information content (AvgIpc) is 2.69. The van der Waals surface area contributed by atoms with E-state index in [0.29, 0.717) is 0 Å². The van der Waals surface area contributed by atoms with Crippen LogP contribution >= 0.6 is 0 Å². The molecular formula is C24H42N6W. The Bertz CT molecular complexity index is 441. The van der Waals surface area contributed by atoms with E-state index in [-0.39, 0.29) is 56.6 Å². The summed E-state index contributed by atoms with van der Waals surface area (Å²) in [6, 6.07) is 12.2. The maximum absolute atomic E-state index is 7.89. The van der Waals surface area contributed by atoms with Crippen molar-refractivity contribution in [2.45, 2.75) is 83.1 Å². The Morgan fingerprint density at radius 1 is 0.290 bits per heavy atom. The molecule has 174 valence electrons. The molecule has 0 unspecified atom stereocenters. The molecule has 0 N–H and O–H groups in total. The van der Waals surface area contributed by atoms with Crippen molar-refractivity contribution < 1.29 is 21.1 Å². The minimum absolute atomic E-state index is 0. The van der Waals surface area contributed by atoms with Crippen LogP contribution in [0.25, 0.3) is 0 Å². The summed E-state index contributed by atoms with van der Waals surface area (Å²) in [5, 5.41) is 47.4. The summed E-state index contributed by atoms with van der Waals surface area (Å²) >= 11 is 0. The molecule has 0 spiro atoms. The zero-order chi connectivity index (χ0) is 25.7. The molecule has 0 aromatic heterocycles. The normalized spacial score (nSPS) is 7.35. The van der Waals surface area contributed by atoms with Crippen molar-refractivity contribution in [1.82, 2.24) is 0 Å². The number of rotatable bonds is 0. The van der Waals surface area contributed by atoms with Crippen molar-refractivity contribution >= 4 is 0 Å². The Kier molecular flexibility index (Phi) is 63.1. The largest absolute Gasteiger partial charge is 0.198 e. The molecule has 31 heavy (non-hydrogen) atoms. The third-order valence-electron chi connectivity index (χ3n) is 1.55. The van der Waals surface area contributed by atoms with Crippen molar-refractivity contribution in [2.75, 3.05) is 0 Å². The quantitative estimate of drug-likeness (QED) is 0.294. The third-order valence-corrected chi connectivity index (χ3v) is 1.55. The molecule has 6 nitrogen and oxygen atoms in total. The fraction of sp³-hybridized carbons (Fsp3) is 0.750. The molecule has 0 atom stereocenters. The van der Waals surface area contributed by atoms with E-state index < -0.39 is 0 Å². The second kappa shape index (κ2) is 41.9. The molecule has 7 heteroatoms. The van der Waals surface area contributed by atoms with E-state index in [2.05, 4.69) is 0 Å². The molecule has 0 aliphatic heterocycles. The van der Waals surface area contributed by atoms with Crippen LogP contribution in [0.5, 0.6) is 0 Å². The molecule has 0 aliphatic carbocycles. The molecule has 0 rings (SSSR count). The summed E-state index contributed by atoms with van der Waals surface area (Å²) in [4.78, 5) is 0. The second-order valence-electron chi connectivity index (χ2n) is 7.70. The maximum Gasteiger partial charge on any atom is 0.0649 e. The fourth-order valence-electron chi connectivity index (χ4n) is 0. The average molecular weight is 598 g/mol. The van der Waals surface area contributed by atoms with Gasteiger partial charge in [-0.25, -0.2) is 0 Å². The van der Waals surface area contributed by atoms with Gasteiger partial charge in [-0.1, -0.05) is 0 Å². The number of nitriles is 6. The Hall–Kier alpha value is -2.37. The number of hydrogen-bond acceptors (Lipinski definition) is 6. The molecule has 0 fully saturated rings. The summed E-state index contributed by atoms with van der Waals surface area (Å²) in [5.41, 5.74) is 0. The molecule has 0 aromatic rings. The van der Waals surface area contributed by atoms with Gasteiger partial charge in [0.15, 0.2) is 0 Å². The Morgan fingerprint density at radius 2 is 0.323 bits per heavy atom. The third kappa shape index (κ3) is 196. The van der Waals surface area contributed by atoms with Gasteiger partial charge < -0.3 is 0 Å². The molecule has 0 aromatic carbocycles. The molecule has 0 radical (unpaired) electrons. The molecule has 0 saturated carbocycles. The predicted octanol–water partition coefficient (Wildman–Crippen LogP) is 6.99. The first-order valence-electron chi connectivity index (χ1n) is 10.0. The van der Waals surface area contributed by atoms with Gasteiger partial charge in [-0.3, -0.25) is 0 Å². The predicted molar refractivity (Wildman–Crippen MR) is 123 cm³/mol. The van der Waals surface area contributed by atoms with E-state index in [1.54, 1.807) is 0 Å². The zero-order valence-corrected chi connectivity index (χ0v) is 24.5. The Balaban J connectivity index is -0.0000000443. The molecule has 0 aliphatic rings. The van der Waals surface area contributed by atoms with Crippen LogP contribution < -0.4 is 0 Å². The Morgan fingerprint density at radius 3 is 0.323 bits per heavy atom. The topological polar surface area (TPSA) is 143 Å². The summed E-state index contributed by atoms with van der Waals surface area (Å²) in [6.07, 6.45) is 0. The van der Waals surface area contributed by atoms with E-state index in [4.69, 9.17) is 31.6 Å². The fourth-order valence-corrected chi connectivity index (χ4v) is 0. The maximum atomic E-state index is 7.89. The summed E-state index contributed by atoms with van der Waals surface area (Å²) in [5.74, 6) is 1.14. The van der Waals surface area contributed by atoms with Crippen LogP contribution in [-0.2, 0) is 21.1 Å². The van der Waals surface area contributed by atoms with Crippen LogP contribution in [0.3, 0.4) is 0 Å². The van der Waals surface area contributed by atoms with Crippen LogP contribution in [0.1, 0.15) is 83.1 Å². The Labute approximate surface area is 207 Å². The van der Waals surface area contributed by atoms with Gasteiger partial charge in [0, 0.05) is 56.6 Å². The van der Waals surface area contributed by atoms with E-state index in [1.807, 2.05) is 120 Å². The van der Waals surface area contributed by atoms with Gasteiger partial charge >= 0.3 is 0 Å². The SMILES string of the molecule is CC(C)C#N.CC(C)C#N.CC(C)C#N.CC(C)C#N.CC(C)C#N.CC(C)C#N.[W]. The molecular weight excluding hydrogens is 556 g/mol. The van der Waals surface area contributed by atoms with Crippen LogP contribution in [0, 0.1) is 103 Å². The monoisotopic (exact) mass is 598 g/mol. The molecule has 0 amide bonds. The van der Waals surface area contributed by atoms with Crippen LogP contribution in [-0.4, -0.2) is 0 Å². The first-order chi connectivity index (χ1) is 13.6. The van der Waals surface area contributed by atoms with Crippen molar-refractivity contribution in [3.8, 4) is 36.4 Å². The molecule has 0 heterocycles. The van der Waals surface area contributed by atoms with Gasteiger partial charge in [-0.2, -0.15) is 31.6 Å². The van der Waals surface area contributed by atoms with Crippen molar-refractivity contribution in [3.05, 3.63) is 0 Å². The standard InChI is InChI=1S/6C4H7N.W/c6*1-4(2)3-5;/h6*4H,1-2H3;. The van der Waals surface area contributed by atoms with E-state index in [9.17, 15) is 0 Å². The van der Waals surface area contributed by atoms with Crippen LogP contribution in [0.15, 0.2) is 0 Å². The summed E-state index contributed by atoms with van der Waals surface area (Å²) < 4.78 is 0. The van der Waals surface area contributed by atoms with Crippen molar-refractivity contribution in [1.29, 1.82) is 31.6 Å². The number of nitrogens with zero attached hydrogens (tertiary/aromatic N) is 6.